The molecule has 1 unspecified atom stereocenters. The maximum absolute atomic E-state index is 13.3. The van der Waals surface area contributed by atoms with E-state index >= 15 is 0 Å². The highest BCUT2D eigenvalue weighted by atomic mass is 16.5. The number of carbonyl (C=O) groups is 1. The number of aryl methyl sites for hydroxylation is 1. The van der Waals surface area contributed by atoms with E-state index < -0.39 is 0 Å². The van der Waals surface area contributed by atoms with Crippen molar-refractivity contribution < 1.29 is 9.53 Å². The van der Waals surface area contributed by atoms with Gasteiger partial charge < -0.3 is 15.0 Å². The van der Waals surface area contributed by atoms with Gasteiger partial charge in [-0.15, -0.1) is 0 Å². The molecule has 3 aromatic heterocycles. The van der Waals surface area contributed by atoms with E-state index in [0.717, 1.165) is 33.7 Å². The van der Waals surface area contributed by atoms with Gasteiger partial charge in [-0.3, -0.25) is 14.8 Å². The van der Waals surface area contributed by atoms with Gasteiger partial charge in [-0.2, -0.15) is 0 Å². The lowest BCUT2D eigenvalue weighted by molar-refractivity contribution is -0.0248. The standard InChI is InChI=1S/C25H23N5O2/c1-17-14-19(29-23-8-4-5-10-26-23)15-21(28-17)22-16-30(12-13-32-22)25(31)24-20-7-3-2-6-18(20)9-11-27-24/h2-11,14-15,22H,12-13,16H2,1H3,(H,26,28,29). The van der Waals surface area contributed by atoms with Crippen LogP contribution >= 0.6 is 0 Å². The third-order valence-electron chi connectivity index (χ3n) is 5.47. The van der Waals surface area contributed by atoms with Crippen LogP contribution < -0.4 is 5.32 Å². The average molecular weight is 425 g/mol. The normalized spacial score (nSPS) is 16.2. The van der Waals surface area contributed by atoms with Gasteiger partial charge in [0.25, 0.3) is 5.91 Å². The van der Waals surface area contributed by atoms with Crippen LogP contribution in [-0.2, 0) is 4.74 Å². The number of fused-ring (bicyclic) bond motifs is 1. The molecule has 0 bridgehead atoms. The third-order valence-corrected chi connectivity index (χ3v) is 5.47. The Morgan fingerprint density at radius 3 is 2.81 bits per heavy atom. The molecule has 0 aliphatic carbocycles. The first-order valence-electron chi connectivity index (χ1n) is 10.6. The summed E-state index contributed by atoms with van der Waals surface area (Å²) in [5.74, 6) is 0.669. The maximum atomic E-state index is 13.3. The third kappa shape index (κ3) is 4.15. The fourth-order valence-electron chi connectivity index (χ4n) is 3.97. The Bertz CT molecular complexity index is 1260. The highest BCUT2D eigenvalue weighted by Crippen LogP contribution is 2.27. The van der Waals surface area contributed by atoms with Crippen LogP contribution in [0.3, 0.4) is 0 Å². The van der Waals surface area contributed by atoms with E-state index in [-0.39, 0.29) is 12.0 Å². The summed E-state index contributed by atoms with van der Waals surface area (Å²) in [6, 6.07) is 19.4. The van der Waals surface area contributed by atoms with Crippen molar-refractivity contribution >= 4 is 28.2 Å². The van der Waals surface area contributed by atoms with Gasteiger partial charge in [0.15, 0.2) is 0 Å². The number of anilines is 2. The molecule has 4 heterocycles. The number of aromatic nitrogens is 3. The molecule has 0 spiro atoms. The summed E-state index contributed by atoms with van der Waals surface area (Å²) in [7, 11) is 0. The SMILES string of the molecule is Cc1cc(Nc2ccccn2)cc(C2CN(C(=O)c3nccc4ccccc34)CCO2)n1. The van der Waals surface area contributed by atoms with Crippen LogP contribution in [-0.4, -0.2) is 45.5 Å². The molecule has 1 aliphatic heterocycles. The van der Waals surface area contributed by atoms with Crippen molar-refractivity contribution in [3.63, 3.8) is 0 Å². The summed E-state index contributed by atoms with van der Waals surface area (Å²) in [4.78, 5) is 28.5. The first-order chi connectivity index (χ1) is 15.7. The topological polar surface area (TPSA) is 80.2 Å². The summed E-state index contributed by atoms with van der Waals surface area (Å²) in [5, 5.41) is 5.17. The Labute approximate surface area is 186 Å². The summed E-state index contributed by atoms with van der Waals surface area (Å²) < 4.78 is 6.01. The number of carbonyl (C=O) groups excluding carboxylic acids is 1. The van der Waals surface area contributed by atoms with Gasteiger partial charge in [0.2, 0.25) is 0 Å². The first-order valence-corrected chi connectivity index (χ1v) is 10.6. The highest BCUT2D eigenvalue weighted by Gasteiger charge is 2.28. The van der Waals surface area contributed by atoms with Gasteiger partial charge >= 0.3 is 0 Å². The summed E-state index contributed by atoms with van der Waals surface area (Å²) >= 11 is 0. The molecular formula is C25H23N5O2. The second-order valence-electron chi connectivity index (χ2n) is 7.75. The van der Waals surface area contributed by atoms with Gasteiger partial charge in [-0.25, -0.2) is 4.98 Å². The first kappa shape index (κ1) is 20.1. The predicted octanol–water partition coefficient (Wildman–Crippen LogP) is 4.29. The van der Waals surface area contributed by atoms with E-state index in [1.54, 1.807) is 17.3 Å². The Hall–Kier alpha value is -3.84. The molecule has 1 aliphatic rings. The lowest BCUT2D eigenvalue weighted by atomic mass is 10.1. The van der Waals surface area contributed by atoms with Crippen LogP contribution in [0.15, 0.2) is 73.1 Å². The molecule has 5 rings (SSSR count). The molecule has 160 valence electrons. The van der Waals surface area contributed by atoms with Crippen molar-refractivity contribution in [2.24, 2.45) is 0 Å². The molecule has 7 nitrogen and oxygen atoms in total. The minimum atomic E-state index is -0.313. The van der Waals surface area contributed by atoms with E-state index in [9.17, 15) is 4.79 Å². The minimum absolute atomic E-state index is 0.0883. The number of amides is 1. The van der Waals surface area contributed by atoms with Gasteiger partial charge in [-0.05, 0) is 42.6 Å². The number of nitrogens with one attached hydrogen (secondary N) is 1. The fraction of sp³-hybridized carbons (Fsp3) is 0.200. The average Bonchev–Trinajstić information content (AvgIpc) is 2.83. The zero-order chi connectivity index (χ0) is 21.9. The summed E-state index contributed by atoms with van der Waals surface area (Å²) in [6.45, 7) is 3.33. The second kappa shape index (κ2) is 8.72. The van der Waals surface area contributed by atoms with Crippen molar-refractivity contribution in [3.8, 4) is 0 Å². The van der Waals surface area contributed by atoms with E-state index in [1.165, 1.54) is 0 Å². The number of morpholine rings is 1. The van der Waals surface area contributed by atoms with E-state index in [4.69, 9.17) is 4.74 Å². The fourth-order valence-corrected chi connectivity index (χ4v) is 3.97. The van der Waals surface area contributed by atoms with Crippen molar-refractivity contribution in [2.75, 3.05) is 25.0 Å². The van der Waals surface area contributed by atoms with Crippen LogP contribution in [0.2, 0.25) is 0 Å². The summed E-state index contributed by atoms with van der Waals surface area (Å²) in [6.07, 6.45) is 3.11. The molecule has 1 amide bonds. The second-order valence-corrected chi connectivity index (χ2v) is 7.75. The van der Waals surface area contributed by atoms with Crippen LogP contribution in [0.25, 0.3) is 10.8 Å². The number of rotatable bonds is 4. The van der Waals surface area contributed by atoms with Crippen LogP contribution in [0, 0.1) is 6.92 Å². The Morgan fingerprint density at radius 2 is 1.94 bits per heavy atom. The lowest BCUT2D eigenvalue weighted by Gasteiger charge is -2.33. The molecule has 1 aromatic carbocycles. The zero-order valence-corrected chi connectivity index (χ0v) is 17.7. The molecule has 4 aromatic rings. The van der Waals surface area contributed by atoms with E-state index in [1.807, 2.05) is 67.6 Å². The molecular weight excluding hydrogens is 402 g/mol. The van der Waals surface area contributed by atoms with E-state index in [0.29, 0.717) is 25.4 Å². The summed E-state index contributed by atoms with van der Waals surface area (Å²) in [5.41, 5.74) is 3.00. The Balaban J connectivity index is 1.38. The van der Waals surface area contributed by atoms with Crippen molar-refractivity contribution in [1.82, 2.24) is 19.9 Å². The lowest BCUT2D eigenvalue weighted by Crippen LogP contribution is -2.42. The largest absolute Gasteiger partial charge is 0.368 e. The van der Waals surface area contributed by atoms with E-state index in [2.05, 4.69) is 20.3 Å². The van der Waals surface area contributed by atoms with Crippen LogP contribution in [0.1, 0.15) is 28.0 Å². The molecule has 1 N–H and O–H groups in total. The highest BCUT2D eigenvalue weighted by molar-refractivity contribution is 6.05. The Kier molecular flexibility index (Phi) is 5.47. The molecule has 0 saturated carbocycles. The quantitative estimate of drug-likeness (QED) is 0.525. The number of pyridine rings is 3. The van der Waals surface area contributed by atoms with Gasteiger partial charge in [0.1, 0.15) is 17.6 Å². The van der Waals surface area contributed by atoms with Crippen LogP contribution in [0.4, 0.5) is 11.5 Å². The van der Waals surface area contributed by atoms with Crippen molar-refractivity contribution in [1.29, 1.82) is 0 Å². The van der Waals surface area contributed by atoms with Crippen molar-refractivity contribution in [2.45, 2.75) is 13.0 Å². The Morgan fingerprint density at radius 1 is 1.06 bits per heavy atom. The predicted molar refractivity (Wildman–Crippen MR) is 123 cm³/mol. The monoisotopic (exact) mass is 425 g/mol. The van der Waals surface area contributed by atoms with Crippen LogP contribution in [0.5, 0.6) is 0 Å². The molecule has 0 radical (unpaired) electrons. The molecule has 32 heavy (non-hydrogen) atoms. The molecule has 1 saturated heterocycles. The minimum Gasteiger partial charge on any atom is -0.368 e. The number of nitrogens with zero attached hydrogens (tertiary/aromatic N) is 4. The number of benzene rings is 1. The maximum Gasteiger partial charge on any atom is 0.273 e. The number of ether oxygens (including phenoxy) is 1. The zero-order valence-electron chi connectivity index (χ0n) is 17.7. The molecule has 1 fully saturated rings. The smallest absolute Gasteiger partial charge is 0.273 e. The van der Waals surface area contributed by atoms with Crippen molar-refractivity contribution in [3.05, 3.63) is 90.1 Å². The van der Waals surface area contributed by atoms with Gasteiger partial charge in [0, 0.05) is 35.7 Å². The van der Waals surface area contributed by atoms with Gasteiger partial charge in [-0.1, -0.05) is 30.3 Å². The molecule has 7 heteroatoms. The molecule has 1 atom stereocenters. The number of hydrogen-bond donors (Lipinski definition) is 1. The van der Waals surface area contributed by atoms with Gasteiger partial charge in [0.05, 0.1) is 18.8 Å². The number of hydrogen-bond acceptors (Lipinski definition) is 6.